The van der Waals surface area contributed by atoms with Crippen molar-refractivity contribution in [2.24, 2.45) is 0 Å². The molecule has 0 fully saturated rings. The van der Waals surface area contributed by atoms with Gasteiger partial charge in [-0.3, -0.25) is 0 Å². The van der Waals surface area contributed by atoms with E-state index >= 15 is 0 Å². The molecule has 0 unspecified atom stereocenters. The van der Waals surface area contributed by atoms with Gasteiger partial charge in [0.15, 0.2) is 0 Å². The molecular weight excluding hydrogens is 410 g/mol. The molecule has 0 N–H and O–H groups in total. The van der Waals surface area contributed by atoms with Crippen LogP contribution < -0.4 is 4.90 Å². The minimum absolute atomic E-state index is 0.865. The zero-order valence-corrected chi connectivity index (χ0v) is 19.1. The van der Waals surface area contributed by atoms with E-state index in [0.29, 0.717) is 0 Å². The van der Waals surface area contributed by atoms with Crippen LogP contribution in [-0.4, -0.2) is 17.8 Å². The summed E-state index contributed by atoms with van der Waals surface area (Å²) in [5.41, 5.74) is 7.91. The Morgan fingerprint density at radius 2 is 1.41 bits per heavy atom. The summed E-state index contributed by atoms with van der Waals surface area (Å²) in [7, 11) is 0. The monoisotopic (exact) mass is 435 g/mol. The molecule has 3 aromatic carbocycles. The number of hydrogen-bond donors (Lipinski definition) is 1. The second-order valence-electron chi connectivity index (χ2n) is 6.90. The third-order valence-corrected chi connectivity index (χ3v) is 7.74. The first-order valence-electron chi connectivity index (χ1n) is 9.85. The van der Waals surface area contributed by atoms with Gasteiger partial charge < -0.3 is 4.90 Å². The van der Waals surface area contributed by atoms with Gasteiger partial charge in [0.25, 0.3) is 0 Å². The molecule has 0 spiro atoms. The molecule has 0 saturated carbocycles. The number of fused-ring (bicyclic) bond motifs is 2. The molecule has 0 atom stereocenters. The molecule has 0 saturated heterocycles. The molecular formula is C25H25NS3. The molecule has 0 bridgehead atoms. The number of para-hydroxylation sites is 2. The number of anilines is 2. The van der Waals surface area contributed by atoms with Gasteiger partial charge in [-0.2, -0.15) is 12.6 Å². The summed E-state index contributed by atoms with van der Waals surface area (Å²) in [6, 6.07) is 28.4. The van der Waals surface area contributed by atoms with Crippen LogP contribution in [0.1, 0.15) is 23.1 Å². The fraction of sp³-hybridized carbons (Fsp3) is 0.200. The maximum atomic E-state index is 4.39. The molecule has 3 aromatic rings. The maximum Gasteiger partial charge on any atom is 0.0494 e. The van der Waals surface area contributed by atoms with E-state index in [1.54, 1.807) is 0 Å². The highest BCUT2D eigenvalue weighted by atomic mass is 32.2. The van der Waals surface area contributed by atoms with Crippen molar-refractivity contribution < 1.29 is 0 Å². The summed E-state index contributed by atoms with van der Waals surface area (Å²) in [5, 5.41) is 0. The molecule has 4 rings (SSSR count). The van der Waals surface area contributed by atoms with E-state index in [0.717, 1.165) is 24.5 Å². The van der Waals surface area contributed by atoms with Gasteiger partial charge in [-0.25, -0.2) is 0 Å². The van der Waals surface area contributed by atoms with Crippen LogP contribution in [0.15, 0.2) is 83.1 Å². The van der Waals surface area contributed by atoms with Gasteiger partial charge in [-0.05, 0) is 41.9 Å². The van der Waals surface area contributed by atoms with Crippen LogP contribution in [-0.2, 0) is 6.54 Å². The van der Waals surface area contributed by atoms with E-state index < -0.39 is 0 Å². The first kappa shape index (κ1) is 20.5. The van der Waals surface area contributed by atoms with Crippen molar-refractivity contribution in [2.45, 2.75) is 13.0 Å². The third-order valence-electron chi connectivity index (χ3n) is 5.04. The fourth-order valence-electron chi connectivity index (χ4n) is 3.73. The van der Waals surface area contributed by atoms with Crippen molar-refractivity contribution in [1.82, 2.24) is 0 Å². The zero-order chi connectivity index (χ0) is 20.1. The zero-order valence-electron chi connectivity index (χ0n) is 16.5. The second-order valence-corrected chi connectivity index (χ2v) is 9.53. The number of thioether (sulfide) groups is 2. The number of hydrogen-bond acceptors (Lipinski definition) is 4. The van der Waals surface area contributed by atoms with Crippen LogP contribution in [0.5, 0.6) is 0 Å². The highest BCUT2D eigenvalue weighted by molar-refractivity contribution is 8.22. The van der Waals surface area contributed by atoms with Gasteiger partial charge in [0.2, 0.25) is 0 Å². The van der Waals surface area contributed by atoms with E-state index in [9.17, 15) is 0 Å². The molecule has 1 aliphatic heterocycles. The Kier molecular flexibility index (Phi) is 6.96. The van der Waals surface area contributed by atoms with Crippen LogP contribution in [0.25, 0.3) is 5.57 Å². The van der Waals surface area contributed by atoms with Gasteiger partial charge in [0.05, 0.1) is 0 Å². The molecule has 0 radical (unpaired) electrons. The van der Waals surface area contributed by atoms with E-state index in [-0.39, 0.29) is 0 Å². The third kappa shape index (κ3) is 4.40. The van der Waals surface area contributed by atoms with Gasteiger partial charge in [0, 0.05) is 38.9 Å². The molecule has 148 valence electrons. The molecule has 1 aliphatic rings. The standard InChI is InChI=1S/C25H25NS3/c1-28-25(29-17-9-16-27)24-20-12-5-7-14-22(20)26(18-19-10-3-2-4-11-19)23-15-8-6-13-21(23)24/h2-8,10-15,27H,9,16-18H2,1H3. The maximum absolute atomic E-state index is 4.39. The van der Waals surface area contributed by atoms with Crippen molar-refractivity contribution in [3.05, 3.63) is 99.8 Å². The first-order valence-corrected chi connectivity index (χ1v) is 12.7. The quantitative estimate of drug-likeness (QED) is 0.303. The lowest BCUT2D eigenvalue weighted by Crippen LogP contribution is -2.22. The minimum Gasteiger partial charge on any atom is -0.336 e. The molecule has 0 aromatic heterocycles. The van der Waals surface area contributed by atoms with E-state index in [1.165, 1.54) is 37.9 Å². The molecule has 0 aliphatic carbocycles. The normalized spacial score (nSPS) is 12.5. The molecule has 1 nitrogen and oxygen atoms in total. The van der Waals surface area contributed by atoms with E-state index in [1.807, 2.05) is 23.5 Å². The van der Waals surface area contributed by atoms with Crippen LogP contribution in [0.3, 0.4) is 0 Å². The Bertz CT molecular complexity index is 948. The van der Waals surface area contributed by atoms with Crippen molar-refractivity contribution in [1.29, 1.82) is 0 Å². The van der Waals surface area contributed by atoms with Gasteiger partial charge in [0.1, 0.15) is 0 Å². The Morgan fingerprint density at radius 3 is 2.00 bits per heavy atom. The summed E-state index contributed by atoms with van der Waals surface area (Å²) in [4.78, 5) is 2.46. The summed E-state index contributed by atoms with van der Waals surface area (Å²) in [5.74, 6) is 2.03. The summed E-state index contributed by atoms with van der Waals surface area (Å²) < 4.78 is 1.39. The molecule has 4 heteroatoms. The number of nitrogens with zero attached hydrogens (tertiary/aromatic N) is 1. The van der Waals surface area contributed by atoms with Crippen LogP contribution in [0, 0.1) is 0 Å². The van der Waals surface area contributed by atoms with Crippen LogP contribution >= 0.6 is 36.2 Å². The lowest BCUT2D eigenvalue weighted by Gasteiger charge is -2.35. The van der Waals surface area contributed by atoms with Crippen molar-refractivity contribution >= 4 is 53.1 Å². The Balaban J connectivity index is 1.85. The van der Waals surface area contributed by atoms with Crippen LogP contribution in [0.2, 0.25) is 0 Å². The SMILES string of the molecule is CSC(SCCCS)=C1c2ccccc2N(Cc2ccccc2)c2ccccc21. The summed E-state index contributed by atoms with van der Waals surface area (Å²) in [6.07, 6.45) is 3.31. The largest absolute Gasteiger partial charge is 0.336 e. The van der Waals surface area contributed by atoms with Crippen molar-refractivity contribution in [3.63, 3.8) is 0 Å². The predicted octanol–water partition coefficient (Wildman–Crippen LogP) is 7.47. The average molecular weight is 436 g/mol. The van der Waals surface area contributed by atoms with E-state index in [2.05, 4.69) is 103 Å². The first-order chi connectivity index (χ1) is 14.3. The molecule has 0 amide bonds. The Hall–Kier alpha value is -1.75. The molecule has 1 heterocycles. The topological polar surface area (TPSA) is 3.24 Å². The second kappa shape index (κ2) is 9.84. The minimum atomic E-state index is 0.865. The summed E-state index contributed by atoms with van der Waals surface area (Å²) in [6.45, 7) is 0.865. The smallest absolute Gasteiger partial charge is 0.0494 e. The lowest BCUT2D eigenvalue weighted by molar-refractivity contribution is 0.963. The van der Waals surface area contributed by atoms with Crippen LogP contribution in [0.4, 0.5) is 11.4 Å². The van der Waals surface area contributed by atoms with Crippen molar-refractivity contribution in [2.75, 3.05) is 22.7 Å². The highest BCUT2D eigenvalue weighted by Gasteiger charge is 2.28. The Morgan fingerprint density at radius 1 is 0.828 bits per heavy atom. The van der Waals surface area contributed by atoms with E-state index in [4.69, 9.17) is 0 Å². The number of benzene rings is 3. The number of rotatable bonds is 7. The average Bonchev–Trinajstić information content (AvgIpc) is 2.78. The van der Waals surface area contributed by atoms with Gasteiger partial charge in [-0.15, -0.1) is 23.5 Å². The summed E-state index contributed by atoms with van der Waals surface area (Å²) >= 11 is 8.20. The lowest BCUT2D eigenvalue weighted by atomic mass is 9.91. The fourth-order valence-corrected chi connectivity index (χ4v) is 6.09. The number of thiol groups is 1. The molecule has 29 heavy (non-hydrogen) atoms. The Labute approximate surface area is 188 Å². The van der Waals surface area contributed by atoms with Crippen molar-refractivity contribution in [3.8, 4) is 0 Å². The van der Waals surface area contributed by atoms with Gasteiger partial charge >= 0.3 is 0 Å². The van der Waals surface area contributed by atoms with Gasteiger partial charge in [-0.1, -0.05) is 66.7 Å². The predicted molar refractivity (Wildman–Crippen MR) is 136 cm³/mol. The highest BCUT2D eigenvalue weighted by Crippen LogP contribution is 2.50.